The molecule has 6 rings (SSSR count). The van der Waals surface area contributed by atoms with Crippen molar-refractivity contribution < 1.29 is 153 Å². The predicted octanol–water partition coefficient (Wildman–Crippen LogP) is 15.2. The molecule has 21 nitrogen and oxygen atoms in total. The smallest absolute Gasteiger partial charge is 0.489 e. The maximum absolute atomic E-state index is 12.9. The summed E-state index contributed by atoms with van der Waals surface area (Å²) in [4.78, 5) is 70.4. The van der Waals surface area contributed by atoms with E-state index in [2.05, 4.69) is 14.2 Å². The van der Waals surface area contributed by atoms with Crippen LogP contribution in [0.3, 0.4) is 0 Å². The summed E-state index contributed by atoms with van der Waals surface area (Å²) in [6.45, 7) is -4.20. The number of carbonyl (C=O) groups excluding carboxylic acids is 3. The van der Waals surface area contributed by atoms with Crippen molar-refractivity contribution in [2.24, 2.45) is 0 Å². The summed E-state index contributed by atoms with van der Waals surface area (Å²) in [5.41, 5.74) is 4.00. The Kier molecular flexibility index (Phi) is 39.5. The lowest BCUT2D eigenvalue weighted by Gasteiger charge is -2.24. The number of hydrogen-bond acceptors (Lipinski definition) is 18. The van der Waals surface area contributed by atoms with Gasteiger partial charge >= 0.3 is 61.2 Å². The SMILES string of the molecule is CN(CCC(COc1ccccc1CCc1cccc(OC(F)(F)F)c1)OC(=O)CCC(=O)O)C(F)(F)F.CN(CCC(COc1ccccc1CCc1cccc(OC(F)(F)F)c1)OC(=O)CCC(=O)O)C(F)F.CN(CF)CCC(COc1ccccc1CCc1cccc(OC(F)(F)F)c1)OC(=O)CCC(=O)O. The van der Waals surface area contributed by atoms with Crippen LogP contribution in [0.25, 0.3) is 0 Å². The molecule has 0 amide bonds. The zero-order chi connectivity index (χ0) is 82.3. The molecule has 0 bridgehead atoms. The largest absolute Gasteiger partial charge is 0.573 e. The predicted molar refractivity (Wildman–Crippen MR) is 367 cm³/mol. The van der Waals surface area contributed by atoms with Gasteiger partial charge in [0.25, 0.3) is 6.55 Å². The first kappa shape index (κ1) is 93.2. The van der Waals surface area contributed by atoms with Crippen LogP contribution in [0.4, 0.5) is 65.9 Å². The lowest BCUT2D eigenvalue weighted by molar-refractivity contribution is -0.275. The van der Waals surface area contributed by atoms with Crippen molar-refractivity contribution >= 4 is 35.8 Å². The fourth-order valence-electron chi connectivity index (χ4n) is 9.86. The van der Waals surface area contributed by atoms with Crippen molar-refractivity contribution in [1.82, 2.24) is 14.7 Å². The highest BCUT2D eigenvalue weighted by Gasteiger charge is 2.36. The molecular formula is C75H84F15N3O18. The van der Waals surface area contributed by atoms with E-state index in [4.69, 9.17) is 43.7 Å². The van der Waals surface area contributed by atoms with Gasteiger partial charge in [-0.3, -0.25) is 38.6 Å². The minimum absolute atomic E-state index is 0.0216. The second-order valence-electron chi connectivity index (χ2n) is 24.6. The maximum atomic E-state index is 12.9. The second-order valence-corrected chi connectivity index (χ2v) is 24.6. The number of nitrogens with zero attached hydrogens (tertiary/aromatic N) is 3. The molecule has 0 heterocycles. The Labute approximate surface area is 628 Å². The van der Waals surface area contributed by atoms with Gasteiger partial charge in [0.05, 0.1) is 38.5 Å². The molecule has 0 aliphatic heterocycles. The summed E-state index contributed by atoms with van der Waals surface area (Å²) in [6, 6.07) is 37.5. The molecule has 36 heteroatoms. The molecule has 0 saturated carbocycles. The second kappa shape index (κ2) is 47.1. The first-order valence-electron chi connectivity index (χ1n) is 34.1. The van der Waals surface area contributed by atoms with Crippen molar-refractivity contribution in [2.45, 2.75) is 147 Å². The van der Waals surface area contributed by atoms with E-state index in [1.165, 1.54) is 66.5 Å². The van der Waals surface area contributed by atoms with Crippen LogP contribution in [0.15, 0.2) is 146 Å². The zero-order valence-electron chi connectivity index (χ0n) is 60.2. The van der Waals surface area contributed by atoms with Gasteiger partial charge in [0, 0.05) is 38.9 Å². The number of aryl methyl sites for hydroxylation is 6. The minimum atomic E-state index is -4.82. The Morgan fingerprint density at radius 3 is 0.964 bits per heavy atom. The van der Waals surface area contributed by atoms with Gasteiger partial charge in [0.15, 0.2) is 0 Å². The number of esters is 3. The number of rotatable bonds is 44. The van der Waals surface area contributed by atoms with Crippen LogP contribution in [0, 0.1) is 0 Å². The fraction of sp³-hybridized carbons (Fsp3) is 0.440. The molecule has 0 spiro atoms. The Balaban J connectivity index is 0.000000351. The Morgan fingerprint density at radius 2 is 0.685 bits per heavy atom. The van der Waals surface area contributed by atoms with E-state index in [-0.39, 0.29) is 93.6 Å². The van der Waals surface area contributed by atoms with E-state index in [9.17, 15) is 94.6 Å². The molecule has 0 aliphatic rings. The molecule has 3 unspecified atom stereocenters. The number of alkyl halides is 15. The molecule has 0 saturated heterocycles. The number of carbonyl (C=O) groups is 6. The van der Waals surface area contributed by atoms with Crippen LogP contribution in [0.1, 0.15) is 91.2 Å². The first-order valence-corrected chi connectivity index (χ1v) is 34.1. The number of benzene rings is 6. The van der Waals surface area contributed by atoms with Crippen molar-refractivity contribution in [3.63, 3.8) is 0 Å². The molecule has 3 atom stereocenters. The molecule has 3 N–H and O–H groups in total. The molecule has 0 aliphatic carbocycles. The Morgan fingerprint density at radius 1 is 0.387 bits per heavy atom. The number of carboxylic acids is 3. The molecule has 0 aromatic heterocycles. The summed E-state index contributed by atoms with van der Waals surface area (Å²) in [6.07, 6.45) is -21.7. The normalized spacial score (nSPS) is 12.5. The van der Waals surface area contributed by atoms with Crippen LogP contribution in [-0.2, 0) is 81.5 Å². The third-order valence-electron chi connectivity index (χ3n) is 15.6. The summed E-state index contributed by atoms with van der Waals surface area (Å²) in [5, 5.41) is 26.2. The standard InChI is InChI=1S/C25H27F6NO6.C25H28F5NO6.C25H29F4NO6/c1-32(24(26,27)28)14-13-20(37-23(35)12-11-22(33)34)16-36-21-8-3-2-6-18(21)10-9-17-5-4-7-19(15-17)38-25(29,30)31;1-31(24(26)27)14-13-20(36-23(34)12-11-22(32)33)16-35-21-8-3-2-6-18(21)10-9-17-5-4-7-19(15-17)37-25(28,29)30;1-30(17-26)14-13-21(35-24(33)12-11-23(31)32)16-34-22-8-3-2-6-19(22)10-9-18-5-4-7-20(15-18)36-25(27,28)29/h2-8,15,20H,9-14,16H2,1H3,(H,33,34);2-8,15,20,24H,9-14,16H2,1H3,(H,32,33);2-8,15,21H,9-14,16-17H2,1H3,(H,31,32). The quantitative estimate of drug-likeness (QED) is 0.0139. The number of para-hydroxylation sites is 3. The Hall–Kier alpha value is -10.2. The lowest BCUT2D eigenvalue weighted by atomic mass is 10.0. The highest BCUT2D eigenvalue weighted by molar-refractivity contribution is 5.78. The van der Waals surface area contributed by atoms with Gasteiger partial charge in [-0.25, -0.2) is 9.29 Å². The van der Waals surface area contributed by atoms with Crippen LogP contribution < -0.4 is 28.4 Å². The number of carboxylic acid groups (broad SMARTS) is 3. The number of aliphatic carboxylic acids is 3. The van der Waals surface area contributed by atoms with Gasteiger partial charge < -0.3 is 58.0 Å². The average molecular weight is 1600 g/mol. The van der Waals surface area contributed by atoms with Gasteiger partial charge in [0.1, 0.15) is 79.4 Å². The molecule has 0 radical (unpaired) electrons. The molecule has 111 heavy (non-hydrogen) atoms. The maximum Gasteiger partial charge on any atom is 0.573 e. The highest BCUT2D eigenvalue weighted by atomic mass is 19.4. The third kappa shape index (κ3) is 41.4. The number of halogens is 15. The summed E-state index contributed by atoms with van der Waals surface area (Å²) in [5.74, 6) is -5.57. The Bertz CT molecular complexity index is 3830. The first-order chi connectivity index (χ1) is 52.2. The van der Waals surface area contributed by atoms with Gasteiger partial charge in [-0.15, -0.1) is 39.5 Å². The molecule has 6 aromatic carbocycles. The van der Waals surface area contributed by atoms with Crippen molar-refractivity contribution in [3.8, 4) is 34.5 Å². The van der Waals surface area contributed by atoms with Crippen LogP contribution in [-0.4, -0.2) is 183 Å². The topological polar surface area (TPSA) is 256 Å². The molecular weight excluding hydrogens is 1520 g/mol. The fourth-order valence-corrected chi connectivity index (χ4v) is 9.86. The minimum Gasteiger partial charge on any atom is -0.489 e. The van der Waals surface area contributed by atoms with Gasteiger partial charge in [0.2, 0.25) is 0 Å². The monoisotopic (exact) mass is 1600 g/mol. The highest BCUT2D eigenvalue weighted by Crippen LogP contribution is 2.31. The van der Waals surface area contributed by atoms with Gasteiger partial charge in [-0.05, 0) is 148 Å². The number of ether oxygens (including phenoxy) is 9. The van der Waals surface area contributed by atoms with Crippen molar-refractivity contribution in [1.29, 1.82) is 0 Å². The third-order valence-corrected chi connectivity index (χ3v) is 15.6. The van der Waals surface area contributed by atoms with E-state index >= 15 is 0 Å². The van der Waals surface area contributed by atoms with E-state index in [0.29, 0.717) is 78.0 Å². The molecule has 6 aromatic rings. The van der Waals surface area contributed by atoms with Crippen LogP contribution >= 0.6 is 0 Å². The van der Waals surface area contributed by atoms with E-state index < -0.39 is 119 Å². The lowest BCUT2D eigenvalue weighted by Crippen LogP contribution is -2.38. The number of hydrogen-bond donors (Lipinski definition) is 3. The van der Waals surface area contributed by atoms with Crippen LogP contribution in [0.5, 0.6) is 34.5 Å². The van der Waals surface area contributed by atoms with Crippen molar-refractivity contribution in [3.05, 3.63) is 179 Å². The van der Waals surface area contributed by atoms with Crippen molar-refractivity contribution in [2.75, 3.05) is 67.4 Å². The summed E-state index contributed by atoms with van der Waals surface area (Å²) < 4.78 is 235. The van der Waals surface area contributed by atoms with Gasteiger partial charge in [-0.1, -0.05) is 91.0 Å². The molecule has 612 valence electrons. The van der Waals surface area contributed by atoms with E-state index in [1.54, 1.807) is 92.0 Å². The summed E-state index contributed by atoms with van der Waals surface area (Å²) in [7, 11) is 3.61. The van der Waals surface area contributed by atoms with E-state index in [1.807, 2.05) is 6.07 Å². The van der Waals surface area contributed by atoms with E-state index in [0.717, 1.165) is 23.1 Å². The average Bonchev–Trinajstić information content (AvgIpc) is 0.869. The zero-order valence-corrected chi connectivity index (χ0v) is 60.2. The van der Waals surface area contributed by atoms with Gasteiger partial charge in [-0.2, -0.15) is 22.0 Å². The summed E-state index contributed by atoms with van der Waals surface area (Å²) >= 11 is 0. The van der Waals surface area contributed by atoms with Crippen LogP contribution in [0.2, 0.25) is 0 Å². The molecule has 0 fully saturated rings.